The van der Waals surface area contributed by atoms with Gasteiger partial charge in [0, 0.05) is 12.0 Å². The van der Waals surface area contributed by atoms with Crippen LogP contribution in [-0.2, 0) is 0 Å². The van der Waals surface area contributed by atoms with E-state index in [2.05, 4.69) is 0 Å². The smallest absolute Gasteiger partial charge is 0.169 e. The van der Waals surface area contributed by atoms with Crippen LogP contribution in [0.3, 0.4) is 0 Å². The molecule has 0 amide bonds. The van der Waals surface area contributed by atoms with Crippen molar-refractivity contribution < 1.29 is 14.3 Å². The first-order chi connectivity index (χ1) is 8.54. The van der Waals surface area contributed by atoms with Crippen LogP contribution in [-0.4, -0.2) is 26.5 Å². The van der Waals surface area contributed by atoms with Gasteiger partial charge in [-0.3, -0.25) is 4.79 Å². The Hall–Kier alpha value is -1.55. The summed E-state index contributed by atoms with van der Waals surface area (Å²) in [5.74, 6) is 1.21. The van der Waals surface area contributed by atoms with Crippen molar-refractivity contribution in [2.75, 3.05) is 20.8 Å². The van der Waals surface area contributed by atoms with E-state index < -0.39 is 0 Å². The topological polar surface area (TPSA) is 61.5 Å². The van der Waals surface area contributed by atoms with Gasteiger partial charge < -0.3 is 15.2 Å². The fourth-order valence-corrected chi connectivity index (χ4v) is 1.95. The zero-order chi connectivity index (χ0) is 13.7. The molecule has 100 valence electrons. The van der Waals surface area contributed by atoms with Crippen molar-refractivity contribution in [3.63, 3.8) is 0 Å². The van der Waals surface area contributed by atoms with Crippen LogP contribution >= 0.6 is 0 Å². The third kappa shape index (κ3) is 3.01. The van der Waals surface area contributed by atoms with Crippen LogP contribution < -0.4 is 15.2 Å². The molecule has 0 aliphatic heterocycles. The molecule has 0 bridgehead atoms. The van der Waals surface area contributed by atoms with E-state index in [4.69, 9.17) is 15.2 Å². The van der Waals surface area contributed by atoms with Gasteiger partial charge in [-0.15, -0.1) is 0 Å². The van der Waals surface area contributed by atoms with Crippen molar-refractivity contribution in [1.29, 1.82) is 0 Å². The molecule has 1 aromatic carbocycles. The maximum Gasteiger partial charge on any atom is 0.169 e. The highest BCUT2D eigenvalue weighted by Gasteiger charge is 2.21. The van der Waals surface area contributed by atoms with Crippen LogP contribution in [0.25, 0.3) is 0 Å². The van der Waals surface area contributed by atoms with Crippen LogP contribution in [0.4, 0.5) is 0 Å². The van der Waals surface area contributed by atoms with Crippen molar-refractivity contribution in [2.24, 2.45) is 11.7 Å². The lowest BCUT2D eigenvalue weighted by Gasteiger charge is -2.16. The van der Waals surface area contributed by atoms with Crippen molar-refractivity contribution in [1.82, 2.24) is 0 Å². The number of rotatable bonds is 6. The molecular formula is C14H21NO3. The number of benzene rings is 1. The Labute approximate surface area is 108 Å². The molecule has 0 fully saturated rings. The Balaban J connectivity index is 3.18. The van der Waals surface area contributed by atoms with Gasteiger partial charge in [0.05, 0.1) is 19.8 Å². The lowest BCUT2D eigenvalue weighted by atomic mass is 9.92. The van der Waals surface area contributed by atoms with Gasteiger partial charge in [-0.2, -0.15) is 0 Å². The first kappa shape index (κ1) is 14.5. The van der Waals surface area contributed by atoms with E-state index in [1.807, 2.05) is 19.9 Å². The van der Waals surface area contributed by atoms with E-state index in [1.165, 1.54) is 0 Å². The Morgan fingerprint density at radius 3 is 2.50 bits per heavy atom. The molecule has 1 unspecified atom stereocenters. The highest BCUT2D eigenvalue weighted by atomic mass is 16.5. The number of methoxy groups -OCH3 is 2. The van der Waals surface area contributed by atoms with Gasteiger partial charge in [0.25, 0.3) is 0 Å². The molecule has 0 aromatic heterocycles. The normalized spacial score (nSPS) is 12.1. The van der Waals surface area contributed by atoms with E-state index in [1.54, 1.807) is 20.3 Å². The van der Waals surface area contributed by atoms with Crippen LogP contribution in [0, 0.1) is 12.8 Å². The molecule has 1 aromatic rings. The van der Waals surface area contributed by atoms with Gasteiger partial charge in [-0.05, 0) is 31.5 Å². The minimum absolute atomic E-state index is 0.0671. The molecule has 0 saturated carbocycles. The molecule has 0 aliphatic rings. The van der Waals surface area contributed by atoms with Crippen molar-refractivity contribution in [2.45, 2.75) is 20.3 Å². The zero-order valence-corrected chi connectivity index (χ0v) is 11.4. The molecule has 2 N–H and O–H groups in total. The van der Waals surface area contributed by atoms with E-state index in [0.717, 1.165) is 5.56 Å². The van der Waals surface area contributed by atoms with Gasteiger partial charge in [-0.1, -0.05) is 6.92 Å². The van der Waals surface area contributed by atoms with E-state index in [0.29, 0.717) is 30.0 Å². The summed E-state index contributed by atoms with van der Waals surface area (Å²) >= 11 is 0. The second-order valence-electron chi connectivity index (χ2n) is 4.36. The van der Waals surface area contributed by atoms with E-state index >= 15 is 0 Å². The summed E-state index contributed by atoms with van der Waals surface area (Å²) in [4.78, 5) is 12.4. The highest BCUT2D eigenvalue weighted by Crippen LogP contribution is 2.30. The number of ether oxygens (including phenoxy) is 2. The molecule has 18 heavy (non-hydrogen) atoms. The monoisotopic (exact) mass is 251 g/mol. The number of carbonyl (C=O) groups excluding carboxylic acids is 1. The third-order valence-corrected chi connectivity index (χ3v) is 3.02. The number of carbonyl (C=O) groups is 1. The van der Waals surface area contributed by atoms with Crippen LogP contribution in [0.1, 0.15) is 29.3 Å². The molecule has 0 saturated heterocycles. The number of nitrogens with two attached hydrogens (primary N) is 1. The average molecular weight is 251 g/mol. The van der Waals surface area contributed by atoms with Crippen molar-refractivity contribution in [3.8, 4) is 11.5 Å². The van der Waals surface area contributed by atoms with Gasteiger partial charge in [0.2, 0.25) is 0 Å². The molecule has 0 radical (unpaired) electrons. The van der Waals surface area contributed by atoms with Gasteiger partial charge in [0.15, 0.2) is 5.78 Å². The van der Waals surface area contributed by atoms with Crippen molar-refractivity contribution in [3.05, 3.63) is 23.3 Å². The number of Topliss-reactive ketones (excluding diaryl/α,β-unsaturated/α-hetero) is 1. The largest absolute Gasteiger partial charge is 0.497 e. The number of hydrogen-bond acceptors (Lipinski definition) is 4. The van der Waals surface area contributed by atoms with Crippen LogP contribution in [0.5, 0.6) is 11.5 Å². The second kappa shape index (κ2) is 6.40. The Morgan fingerprint density at radius 2 is 2.00 bits per heavy atom. The molecule has 0 heterocycles. The quantitative estimate of drug-likeness (QED) is 0.787. The molecule has 4 nitrogen and oxygen atoms in total. The summed E-state index contributed by atoms with van der Waals surface area (Å²) in [6.45, 7) is 4.27. The number of aryl methyl sites for hydroxylation is 1. The summed E-state index contributed by atoms with van der Waals surface area (Å²) in [6.07, 6.45) is 0.674. The molecular weight excluding hydrogens is 230 g/mol. The number of ketones is 1. The standard InChI is InChI=1S/C14H21NO3/c1-9(5-6-15)14(16)13-10(2)7-11(17-3)8-12(13)18-4/h7-9H,5-6,15H2,1-4H3. The highest BCUT2D eigenvalue weighted by molar-refractivity contribution is 6.01. The Kier molecular flexibility index (Phi) is 5.16. The van der Waals surface area contributed by atoms with Gasteiger partial charge in [-0.25, -0.2) is 0 Å². The van der Waals surface area contributed by atoms with Crippen molar-refractivity contribution >= 4 is 5.78 Å². The summed E-state index contributed by atoms with van der Waals surface area (Å²) in [5.41, 5.74) is 6.98. The molecule has 4 heteroatoms. The zero-order valence-electron chi connectivity index (χ0n) is 11.4. The predicted octanol–water partition coefficient (Wildman–Crippen LogP) is 2.18. The molecule has 0 aliphatic carbocycles. The van der Waals surface area contributed by atoms with Crippen LogP contribution in [0.15, 0.2) is 12.1 Å². The summed E-state index contributed by atoms with van der Waals surface area (Å²) < 4.78 is 10.5. The molecule has 0 spiro atoms. The van der Waals surface area contributed by atoms with E-state index in [9.17, 15) is 4.79 Å². The fraction of sp³-hybridized carbons (Fsp3) is 0.500. The SMILES string of the molecule is COc1cc(C)c(C(=O)C(C)CCN)c(OC)c1. The third-order valence-electron chi connectivity index (χ3n) is 3.02. The maximum atomic E-state index is 12.4. The average Bonchev–Trinajstić information content (AvgIpc) is 2.37. The summed E-state index contributed by atoms with van der Waals surface area (Å²) in [6, 6.07) is 3.57. The van der Waals surface area contributed by atoms with Gasteiger partial charge in [0.1, 0.15) is 11.5 Å². The molecule has 1 atom stereocenters. The first-order valence-electron chi connectivity index (χ1n) is 6.02. The van der Waals surface area contributed by atoms with Gasteiger partial charge >= 0.3 is 0 Å². The Morgan fingerprint density at radius 1 is 1.33 bits per heavy atom. The number of hydrogen-bond donors (Lipinski definition) is 1. The summed E-state index contributed by atoms with van der Waals surface area (Å²) in [7, 11) is 3.14. The lowest BCUT2D eigenvalue weighted by Crippen LogP contribution is -2.17. The maximum absolute atomic E-state index is 12.4. The van der Waals surface area contributed by atoms with Crippen LogP contribution in [0.2, 0.25) is 0 Å². The minimum atomic E-state index is -0.101. The predicted molar refractivity (Wildman–Crippen MR) is 71.4 cm³/mol. The second-order valence-corrected chi connectivity index (χ2v) is 4.36. The molecule has 1 rings (SSSR count). The summed E-state index contributed by atoms with van der Waals surface area (Å²) in [5, 5.41) is 0. The minimum Gasteiger partial charge on any atom is -0.497 e. The van der Waals surface area contributed by atoms with E-state index in [-0.39, 0.29) is 11.7 Å². The first-order valence-corrected chi connectivity index (χ1v) is 6.02. The fourth-order valence-electron chi connectivity index (χ4n) is 1.95. The lowest BCUT2D eigenvalue weighted by molar-refractivity contribution is 0.0921. The Bertz CT molecular complexity index is 429.